The molecule has 33 heavy (non-hydrogen) atoms. The van der Waals surface area contributed by atoms with Gasteiger partial charge in [0.05, 0.1) is 25.7 Å². The van der Waals surface area contributed by atoms with E-state index in [1.165, 1.54) is 27.5 Å². The second-order valence-electron chi connectivity index (χ2n) is 8.74. The zero-order valence-electron chi connectivity index (χ0n) is 20.4. The van der Waals surface area contributed by atoms with Crippen LogP contribution in [0, 0.1) is 11.3 Å². The van der Waals surface area contributed by atoms with Gasteiger partial charge in [-0.15, -0.1) is 0 Å². The van der Waals surface area contributed by atoms with Crippen molar-refractivity contribution in [2.75, 3.05) is 6.61 Å². The summed E-state index contributed by atoms with van der Waals surface area (Å²) in [6.45, 7) is 11.7. The molecule has 0 saturated carbocycles. The van der Waals surface area contributed by atoms with Gasteiger partial charge in [0.2, 0.25) is 0 Å². The second-order valence-corrected chi connectivity index (χ2v) is 10.2. The van der Waals surface area contributed by atoms with Crippen molar-refractivity contribution in [1.29, 1.82) is 5.26 Å². The minimum absolute atomic E-state index is 0.284. The van der Waals surface area contributed by atoms with Gasteiger partial charge in [-0.25, -0.2) is 4.67 Å². The molecule has 5 heteroatoms. The minimum Gasteiger partial charge on any atom is -0.321 e. The SMILES string of the molecule is CCc1cc(COP(OCCC#N)N(C(C)C)C(C)C)cc(-c2cccc3ccccc23)c1. The highest BCUT2D eigenvalue weighted by molar-refractivity contribution is 7.44. The lowest BCUT2D eigenvalue weighted by Crippen LogP contribution is -2.33. The van der Waals surface area contributed by atoms with Crippen molar-refractivity contribution in [3.05, 3.63) is 71.8 Å². The monoisotopic (exact) mass is 462 g/mol. The van der Waals surface area contributed by atoms with Gasteiger partial charge in [0.25, 0.3) is 8.53 Å². The summed E-state index contributed by atoms with van der Waals surface area (Å²) in [5.41, 5.74) is 4.88. The van der Waals surface area contributed by atoms with Crippen molar-refractivity contribution < 1.29 is 9.05 Å². The fraction of sp³-hybridized carbons (Fsp3) is 0.393. The van der Waals surface area contributed by atoms with E-state index in [0.717, 1.165) is 12.0 Å². The summed E-state index contributed by atoms with van der Waals surface area (Å²) < 4.78 is 14.7. The Morgan fingerprint density at radius 3 is 2.30 bits per heavy atom. The quantitative estimate of drug-likeness (QED) is 0.215. The van der Waals surface area contributed by atoms with Crippen molar-refractivity contribution in [2.24, 2.45) is 0 Å². The fourth-order valence-electron chi connectivity index (χ4n) is 4.13. The first-order chi connectivity index (χ1) is 15.9. The van der Waals surface area contributed by atoms with Gasteiger partial charge in [-0.1, -0.05) is 61.5 Å². The van der Waals surface area contributed by atoms with Crippen LogP contribution in [0.3, 0.4) is 0 Å². The Balaban J connectivity index is 1.90. The van der Waals surface area contributed by atoms with Gasteiger partial charge in [-0.2, -0.15) is 5.26 Å². The van der Waals surface area contributed by atoms with Crippen molar-refractivity contribution in [2.45, 2.75) is 66.2 Å². The van der Waals surface area contributed by atoms with Crippen LogP contribution in [0.25, 0.3) is 21.9 Å². The van der Waals surface area contributed by atoms with E-state index in [1.54, 1.807) is 0 Å². The first kappa shape index (κ1) is 25.3. The molecule has 0 saturated heterocycles. The molecule has 3 aromatic rings. The Labute approximate surface area is 200 Å². The van der Waals surface area contributed by atoms with Crippen LogP contribution in [0.15, 0.2) is 60.7 Å². The second kappa shape index (κ2) is 12.3. The highest BCUT2D eigenvalue weighted by Crippen LogP contribution is 2.47. The van der Waals surface area contributed by atoms with Crippen molar-refractivity contribution >= 4 is 19.3 Å². The molecule has 0 N–H and O–H groups in total. The normalized spacial score (nSPS) is 12.6. The van der Waals surface area contributed by atoms with Gasteiger partial charge >= 0.3 is 0 Å². The average Bonchev–Trinajstić information content (AvgIpc) is 2.81. The van der Waals surface area contributed by atoms with Crippen LogP contribution >= 0.6 is 8.53 Å². The molecule has 0 heterocycles. The maximum absolute atomic E-state index is 8.94. The van der Waals surface area contributed by atoms with Gasteiger partial charge in [-0.05, 0) is 73.2 Å². The van der Waals surface area contributed by atoms with E-state index < -0.39 is 8.53 Å². The highest BCUT2D eigenvalue weighted by Gasteiger charge is 2.27. The number of nitrogens with zero attached hydrogens (tertiary/aromatic N) is 2. The Morgan fingerprint density at radius 1 is 0.909 bits per heavy atom. The van der Waals surface area contributed by atoms with Crippen LogP contribution in [-0.2, 0) is 22.1 Å². The standard InChI is InChI=1S/C28H35N2O2P/c1-6-23-17-24(20-32-33(31-16-10-15-29)30(21(2)3)22(4)5)19-26(18-23)28-14-9-12-25-11-7-8-13-27(25)28/h7-9,11-14,17-19,21-22H,6,10,16,20H2,1-5H3. The molecule has 3 rings (SSSR count). The summed E-state index contributed by atoms with van der Waals surface area (Å²) in [6, 6.07) is 24.5. The van der Waals surface area contributed by atoms with Crippen LogP contribution in [-0.4, -0.2) is 23.4 Å². The molecule has 1 atom stereocenters. The van der Waals surface area contributed by atoms with E-state index in [2.05, 4.69) is 106 Å². The summed E-state index contributed by atoms with van der Waals surface area (Å²) in [4.78, 5) is 0. The molecule has 4 nitrogen and oxygen atoms in total. The molecular formula is C28H35N2O2P. The van der Waals surface area contributed by atoms with E-state index in [9.17, 15) is 0 Å². The van der Waals surface area contributed by atoms with Gasteiger partial charge < -0.3 is 9.05 Å². The number of benzene rings is 3. The third-order valence-corrected chi connectivity index (χ3v) is 7.62. The van der Waals surface area contributed by atoms with E-state index in [0.29, 0.717) is 19.6 Å². The van der Waals surface area contributed by atoms with Gasteiger partial charge in [0.1, 0.15) is 0 Å². The van der Waals surface area contributed by atoms with Crippen LogP contribution < -0.4 is 0 Å². The van der Waals surface area contributed by atoms with Gasteiger partial charge in [0, 0.05) is 12.1 Å². The number of fused-ring (bicyclic) bond motifs is 1. The summed E-state index contributed by atoms with van der Waals surface area (Å²) in [7, 11) is -1.26. The minimum atomic E-state index is -1.26. The summed E-state index contributed by atoms with van der Waals surface area (Å²) in [6.07, 6.45) is 1.33. The van der Waals surface area contributed by atoms with E-state index in [1.807, 2.05) is 0 Å². The van der Waals surface area contributed by atoms with E-state index >= 15 is 0 Å². The number of hydrogen-bond donors (Lipinski definition) is 0. The number of nitriles is 1. The van der Waals surface area contributed by atoms with E-state index in [4.69, 9.17) is 14.3 Å². The summed E-state index contributed by atoms with van der Waals surface area (Å²) in [5, 5.41) is 11.4. The van der Waals surface area contributed by atoms with Crippen molar-refractivity contribution in [3.8, 4) is 17.2 Å². The number of rotatable bonds is 11. The third kappa shape index (κ3) is 6.62. The topological polar surface area (TPSA) is 45.5 Å². The molecule has 1 unspecified atom stereocenters. The first-order valence-electron chi connectivity index (χ1n) is 11.8. The molecule has 0 fully saturated rings. The molecular weight excluding hydrogens is 427 g/mol. The van der Waals surface area contributed by atoms with Crippen LogP contribution in [0.4, 0.5) is 0 Å². The maximum atomic E-state index is 8.94. The molecule has 0 aromatic heterocycles. The largest absolute Gasteiger partial charge is 0.321 e. The molecule has 0 radical (unpaired) electrons. The van der Waals surface area contributed by atoms with E-state index in [-0.39, 0.29) is 12.1 Å². The zero-order chi connectivity index (χ0) is 23.8. The zero-order valence-corrected chi connectivity index (χ0v) is 21.3. The lowest BCUT2D eigenvalue weighted by Gasteiger charge is -2.35. The molecule has 0 aliphatic heterocycles. The Bertz CT molecular complexity index is 1080. The fourth-order valence-corrected chi connectivity index (χ4v) is 5.73. The lowest BCUT2D eigenvalue weighted by atomic mass is 9.95. The van der Waals surface area contributed by atoms with Gasteiger partial charge in [0.15, 0.2) is 0 Å². The van der Waals surface area contributed by atoms with Crippen LogP contribution in [0.2, 0.25) is 0 Å². The molecule has 3 aromatic carbocycles. The van der Waals surface area contributed by atoms with Crippen LogP contribution in [0.5, 0.6) is 0 Å². The maximum Gasteiger partial charge on any atom is 0.259 e. The van der Waals surface area contributed by atoms with Crippen LogP contribution in [0.1, 0.15) is 52.2 Å². The molecule has 0 aliphatic carbocycles. The molecule has 0 amide bonds. The highest BCUT2D eigenvalue weighted by atomic mass is 31.2. The smallest absolute Gasteiger partial charge is 0.259 e. The summed E-state index contributed by atoms with van der Waals surface area (Å²) >= 11 is 0. The number of aryl methyl sites for hydroxylation is 1. The molecule has 0 spiro atoms. The predicted molar refractivity (Wildman–Crippen MR) is 139 cm³/mol. The Kier molecular flexibility index (Phi) is 9.41. The Morgan fingerprint density at radius 2 is 1.61 bits per heavy atom. The van der Waals surface area contributed by atoms with Gasteiger partial charge in [-0.3, -0.25) is 0 Å². The first-order valence-corrected chi connectivity index (χ1v) is 12.9. The van der Waals surface area contributed by atoms with Crippen molar-refractivity contribution in [1.82, 2.24) is 4.67 Å². The predicted octanol–water partition coefficient (Wildman–Crippen LogP) is 7.86. The Hall–Kier alpha value is -2.28. The molecule has 0 aliphatic rings. The lowest BCUT2D eigenvalue weighted by molar-refractivity contribution is 0.171. The average molecular weight is 463 g/mol. The van der Waals surface area contributed by atoms with Crippen molar-refractivity contribution in [3.63, 3.8) is 0 Å². The summed E-state index contributed by atoms with van der Waals surface area (Å²) in [5.74, 6) is 0. The molecule has 0 bridgehead atoms. The third-order valence-electron chi connectivity index (χ3n) is 5.57. The molecule has 174 valence electrons. The number of hydrogen-bond acceptors (Lipinski definition) is 4.